The van der Waals surface area contributed by atoms with Crippen molar-refractivity contribution in [2.75, 3.05) is 33.5 Å². The predicted molar refractivity (Wildman–Crippen MR) is 125 cm³/mol. The highest BCUT2D eigenvalue weighted by Gasteiger charge is 2.50. The van der Waals surface area contributed by atoms with Gasteiger partial charge < -0.3 is 19.5 Å². The van der Waals surface area contributed by atoms with Crippen LogP contribution in [-0.4, -0.2) is 50.9 Å². The fourth-order valence-electron chi connectivity index (χ4n) is 4.21. The Bertz CT molecular complexity index is 985. The van der Waals surface area contributed by atoms with Crippen LogP contribution in [0, 0.1) is 0 Å². The van der Waals surface area contributed by atoms with E-state index >= 15 is 0 Å². The van der Waals surface area contributed by atoms with Crippen molar-refractivity contribution in [2.45, 2.75) is 36.8 Å². The molecule has 1 saturated heterocycles. The Morgan fingerprint density at radius 3 is 2.36 bits per heavy atom. The monoisotopic (exact) mass is 472 g/mol. The third kappa shape index (κ3) is 5.32. The lowest BCUT2D eigenvalue weighted by Gasteiger charge is -2.38. The molecule has 2 fully saturated rings. The Balaban J connectivity index is 1.40. The fourth-order valence-corrected chi connectivity index (χ4v) is 4.40. The average Bonchev–Trinajstić information content (AvgIpc) is 3.63. The number of rotatable bonds is 9. The second kappa shape index (κ2) is 10.1. The van der Waals surface area contributed by atoms with E-state index in [1.54, 1.807) is 18.2 Å². The van der Waals surface area contributed by atoms with Crippen LogP contribution in [0.4, 0.5) is 0 Å². The third-order valence-corrected chi connectivity index (χ3v) is 6.71. The number of nitrogens with one attached hydrogen (secondary N) is 2. The first-order chi connectivity index (χ1) is 16.0. The molecule has 1 saturated carbocycles. The highest BCUT2D eigenvalue weighted by Crippen LogP contribution is 2.46. The van der Waals surface area contributed by atoms with Gasteiger partial charge in [0.2, 0.25) is 5.91 Å². The van der Waals surface area contributed by atoms with Crippen LogP contribution in [0.15, 0.2) is 48.5 Å². The zero-order valence-corrected chi connectivity index (χ0v) is 19.5. The summed E-state index contributed by atoms with van der Waals surface area (Å²) in [5, 5.41) is 7.29. The van der Waals surface area contributed by atoms with Crippen LogP contribution in [0.25, 0.3) is 0 Å². The lowest BCUT2D eigenvalue weighted by Crippen LogP contribution is -2.61. The van der Waals surface area contributed by atoms with Crippen molar-refractivity contribution in [3.63, 3.8) is 0 Å². The number of carbonyl (C=O) groups is 2. The van der Waals surface area contributed by atoms with Gasteiger partial charge in [-0.1, -0.05) is 35.9 Å². The summed E-state index contributed by atoms with van der Waals surface area (Å²) in [5.41, 5.74) is 0.369. The molecule has 2 aliphatic rings. The van der Waals surface area contributed by atoms with E-state index in [4.69, 9.17) is 25.8 Å². The quantitative estimate of drug-likeness (QED) is 0.429. The first-order valence-electron chi connectivity index (χ1n) is 11.2. The van der Waals surface area contributed by atoms with E-state index in [2.05, 4.69) is 10.6 Å². The van der Waals surface area contributed by atoms with E-state index in [1.165, 1.54) is 7.11 Å². The summed E-state index contributed by atoms with van der Waals surface area (Å²) in [6.45, 7) is 1.93. The highest BCUT2D eigenvalue weighted by molar-refractivity contribution is 6.32. The molecule has 7 nitrogen and oxygen atoms in total. The molecular weight excluding hydrogens is 444 g/mol. The zero-order valence-electron chi connectivity index (χ0n) is 18.7. The Morgan fingerprint density at radius 1 is 1.03 bits per heavy atom. The molecule has 0 aromatic heterocycles. The smallest absolute Gasteiger partial charge is 0.337 e. The fraction of sp³-hybridized carbons (Fsp3) is 0.440. The van der Waals surface area contributed by atoms with E-state index in [0.29, 0.717) is 55.5 Å². The van der Waals surface area contributed by atoms with Gasteiger partial charge in [-0.25, -0.2) is 4.79 Å². The van der Waals surface area contributed by atoms with E-state index in [1.807, 2.05) is 30.3 Å². The SMILES string of the molecule is COC(=O)c1ccc(C2(NC(=O)C3(NCCOc4ccccc4Cl)CCOCC3)CC2)cc1. The molecule has 2 N–H and O–H groups in total. The van der Waals surface area contributed by atoms with Crippen molar-refractivity contribution in [2.24, 2.45) is 0 Å². The van der Waals surface area contributed by atoms with Crippen LogP contribution in [0.3, 0.4) is 0 Å². The van der Waals surface area contributed by atoms with Gasteiger partial charge >= 0.3 is 5.97 Å². The minimum atomic E-state index is -0.719. The Kier molecular flexibility index (Phi) is 7.22. The van der Waals surface area contributed by atoms with Crippen molar-refractivity contribution in [3.05, 3.63) is 64.7 Å². The number of ether oxygens (including phenoxy) is 3. The molecule has 1 aliphatic carbocycles. The molecule has 1 amide bonds. The lowest BCUT2D eigenvalue weighted by molar-refractivity contribution is -0.133. The van der Waals surface area contributed by atoms with Gasteiger partial charge in [0.1, 0.15) is 17.9 Å². The molecular formula is C25H29ClN2O5. The average molecular weight is 473 g/mol. The minimum Gasteiger partial charge on any atom is -0.491 e. The summed E-state index contributed by atoms with van der Waals surface area (Å²) < 4.78 is 16.1. The molecule has 2 aromatic rings. The van der Waals surface area contributed by atoms with Crippen molar-refractivity contribution in [1.82, 2.24) is 10.6 Å². The third-order valence-electron chi connectivity index (χ3n) is 6.40. The number of methoxy groups -OCH3 is 1. The van der Waals surface area contributed by atoms with E-state index in [-0.39, 0.29) is 11.9 Å². The van der Waals surface area contributed by atoms with Crippen LogP contribution in [0.1, 0.15) is 41.6 Å². The maximum Gasteiger partial charge on any atom is 0.337 e. The molecule has 8 heteroatoms. The van der Waals surface area contributed by atoms with Crippen molar-refractivity contribution < 1.29 is 23.8 Å². The molecule has 2 aromatic carbocycles. The molecule has 33 heavy (non-hydrogen) atoms. The number of halogens is 1. The van der Waals surface area contributed by atoms with E-state index in [9.17, 15) is 9.59 Å². The normalized spacial score (nSPS) is 18.2. The summed E-state index contributed by atoms with van der Waals surface area (Å²) in [6.07, 6.45) is 2.89. The second-order valence-corrected chi connectivity index (χ2v) is 8.91. The van der Waals surface area contributed by atoms with Crippen LogP contribution in [0.5, 0.6) is 5.75 Å². The molecule has 1 heterocycles. The number of amides is 1. The molecule has 0 atom stereocenters. The first-order valence-corrected chi connectivity index (χ1v) is 11.6. The van der Waals surface area contributed by atoms with Crippen molar-refractivity contribution >= 4 is 23.5 Å². The summed E-state index contributed by atoms with van der Waals surface area (Å²) in [6, 6.07) is 14.6. The van der Waals surface area contributed by atoms with Crippen LogP contribution in [0.2, 0.25) is 5.02 Å². The largest absolute Gasteiger partial charge is 0.491 e. The zero-order chi connectivity index (χ0) is 23.3. The Hall–Kier alpha value is -2.61. The van der Waals surface area contributed by atoms with Crippen molar-refractivity contribution in [1.29, 1.82) is 0 Å². The van der Waals surface area contributed by atoms with Gasteiger partial charge in [-0.15, -0.1) is 0 Å². The van der Waals surface area contributed by atoms with Gasteiger partial charge in [0.25, 0.3) is 0 Å². The molecule has 0 unspecified atom stereocenters. The topological polar surface area (TPSA) is 85.9 Å². The summed E-state index contributed by atoms with van der Waals surface area (Å²) in [7, 11) is 1.36. The predicted octanol–water partition coefficient (Wildman–Crippen LogP) is 3.45. The summed E-state index contributed by atoms with van der Waals surface area (Å²) in [5.74, 6) is 0.219. The van der Waals surface area contributed by atoms with Gasteiger partial charge in [-0.05, 0) is 55.5 Å². The number of benzene rings is 2. The summed E-state index contributed by atoms with van der Waals surface area (Å²) in [4.78, 5) is 25.2. The number of hydrogen-bond acceptors (Lipinski definition) is 6. The van der Waals surface area contributed by atoms with E-state index < -0.39 is 11.1 Å². The first kappa shape index (κ1) is 23.5. The van der Waals surface area contributed by atoms with Crippen LogP contribution >= 0.6 is 11.6 Å². The standard InChI is InChI=1S/C25H29ClN2O5/c1-31-22(29)18-6-8-19(9-7-18)24(10-11-24)28-23(30)25(12-15-32-16-13-25)27-14-17-33-21-5-3-2-4-20(21)26/h2-9,27H,10-17H2,1H3,(H,28,30). The van der Waals surface area contributed by atoms with Crippen LogP contribution < -0.4 is 15.4 Å². The van der Waals surface area contributed by atoms with Gasteiger partial charge in [0, 0.05) is 19.8 Å². The molecule has 4 rings (SSSR count). The maximum atomic E-state index is 13.5. The Morgan fingerprint density at radius 2 is 1.73 bits per heavy atom. The molecule has 0 bridgehead atoms. The summed E-state index contributed by atoms with van der Waals surface area (Å²) >= 11 is 6.15. The van der Waals surface area contributed by atoms with Crippen LogP contribution in [-0.2, 0) is 19.8 Å². The number of carbonyl (C=O) groups excluding carboxylic acids is 2. The highest BCUT2D eigenvalue weighted by atomic mass is 35.5. The maximum absolute atomic E-state index is 13.5. The van der Waals surface area contributed by atoms with Gasteiger partial charge in [-0.3, -0.25) is 10.1 Å². The van der Waals surface area contributed by atoms with E-state index in [0.717, 1.165) is 18.4 Å². The number of para-hydroxylation sites is 1. The molecule has 1 aliphatic heterocycles. The Labute approximate surface area is 198 Å². The van der Waals surface area contributed by atoms with Gasteiger partial charge in [-0.2, -0.15) is 0 Å². The molecule has 176 valence electrons. The molecule has 0 radical (unpaired) electrons. The van der Waals surface area contributed by atoms with Gasteiger partial charge in [0.15, 0.2) is 0 Å². The lowest BCUT2D eigenvalue weighted by atomic mass is 9.88. The number of hydrogen-bond donors (Lipinski definition) is 2. The van der Waals surface area contributed by atoms with Crippen molar-refractivity contribution in [3.8, 4) is 5.75 Å². The molecule has 0 spiro atoms. The van der Waals surface area contributed by atoms with Gasteiger partial charge in [0.05, 0.1) is 23.2 Å². The minimum absolute atomic E-state index is 0.0295. The number of esters is 1. The second-order valence-electron chi connectivity index (χ2n) is 8.51.